The maximum atomic E-state index is 9.10. The van der Waals surface area contributed by atoms with Crippen LogP contribution in [0.2, 0.25) is 0 Å². The van der Waals surface area contributed by atoms with Gasteiger partial charge in [0.2, 0.25) is 0 Å². The molecule has 2 N–H and O–H groups in total. The topological polar surface area (TPSA) is 87.1 Å². The predicted octanol–water partition coefficient (Wildman–Crippen LogP) is 1.15. The van der Waals surface area contributed by atoms with Crippen molar-refractivity contribution in [3.8, 4) is 0 Å². The summed E-state index contributed by atoms with van der Waals surface area (Å²) in [5.41, 5.74) is 0. The fourth-order valence-corrected chi connectivity index (χ4v) is 2.25. The summed E-state index contributed by atoms with van der Waals surface area (Å²) in [5, 5.41) is 14.8. The highest BCUT2D eigenvalue weighted by atomic mass is 32.4. The number of hydrogen-bond acceptors (Lipinski definition) is 5. The number of carboxylic acid groups (broad SMARTS) is 2. The van der Waals surface area contributed by atoms with Crippen molar-refractivity contribution in [3.05, 3.63) is 0 Å². The van der Waals surface area contributed by atoms with Crippen molar-refractivity contribution in [1.29, 1.82) is 0 Å². The van der Waals surface area contributed by atoms with Gasteiger partial charge >= 0.3 is 11.9 Å². The molecule has 0 aromatic rings. The number of nitrogens with zero attached hydrogens (tertiary/aromatic N) is 1. The zero-order valence-electron chi connectivity index (χ0n) is 11.3. The molecule has 0 saturated heterocycles. The van der Waals surface area contributed by atoms with E-state index in [2.05, 4.69) is 18.7 Å². The van der Waals surface area contributed by atoms with Crippen LogP contribution in [0.5, 0.6) is 0 Å². The van der Waals surface area contributed by atoms with E-state index in [4.69, 9.17) is 36.1 Å². The zero-order chi connectivity index (χ0) is 14.8. The number of aliphatic carboxylic acids is 2. The van der Waals surface area contributed by atoms with Gasteiger partial charge in [0.1, 0.15) is 0 Å². The molecule has 0 atom stereocenters. The maximum Gasteiger partial charge on any atom is 0.414 e. The van der Waals surface area contributed by atoms with Gasteiger partial charge in [-0.1, -0.05) is 25.7 Å². The molecular weight excluding hydrogens is 277 g/mol. The summed E-state index contributed by atoms with van der Waals surface area (Å²) in [4.78, 5) is 20.3. The van der Waals surface area contributed by atoms with Crippen LogP contribution < -0.4 is 0 Å². The molecule has 0 heterocycles. The zero-order valence-corrected chi connectivity index (χ0v) is 13.0. The molecule has 0 aromatic heterocycles. The Morgan fingerprint density at radius 3 is 1.78 bits per heavy atom. The molecule has 0 amide bonds. The highest BCUT2D eigenvalue weighted by Gasteiger charge is 2.11. The van der Waals surface area contributed by atoms with Crippen molar-refractivity contribution in [2.75, 3.05) is 39.6 Å². The van der Waals surface area contributed by atoms with E-state index in [9.17, 15) is 0 Å². The molecule has 0 aliphatic heterocycles. The van der Waals surface area contributed by atoms with Gasteiger partial charge in [0.15, 0.2) is 0 Å². The Hall–Kier alpha value is -0.490. The third kappa shape index (κ3) is 12.0. The van der Waals surface area contributed by atoms with E-state index in [0.717, 1.165) is 25.5 Å². The molecule has 108 valence electrons. The lowest BCUT2D eigenvalue weighted by atomic mass is 10.6. The second-order valence-electron chi connectivity index (χ2n) is 3.69. The highest BCUT2D eigenvalue weighted by molar-refractivity contribution is 8.12. The summed E-state index contributed by atoms with van der Waals surface area (Å²) in [6, 6.07) is 0. The van der Waals surface area contributed by atoms with Gasteiger partial charge < -0.3 is 19.6 Å². The molecule has 0 rings (SSSR count). The third-order valence-electron chi connectivity index (χ3n) is 2.01. The van der Waals surface area contributed by atoms with E-state index in [-0.39, 0.29) is 0 Å². The molecule has 18 heavy (non-hydrogen) atoms. The maximum absolute atomic E-state index is 9.10. The standard InChI is InChI=1S/C8H20NOPS.C2H2O4/c1-5-11(12,6-2)10-8-7-9(3)4;3-1(4)2(5)6/h5-8H2,1-4H3;(H,3,4)(H,5,6). The highest BCUT2D eigenvalue weighted by Crippen LogP contribution is 2.45. The van der Waals surface area contributed by atoms with E-state index in [1.54, 1.807) is 0 Å². The van der Waals surface area contributed by atoms with Crippen LogP contribution in [0.1, 0.15) is 13.8 Å². The largest absolute Gasteiger partial charge is 0.473 e. The van der Waals surface area contributed by atoms with Gasteiger partial charge in [0.25, 0.3) is 0 Å². The van der Waals surface area contributed by atoms with Gasteiger partial charge in [0.05, 0.1) is 12.9 Å². The Labute approximate surface area is 113 Å². The molecule has 6 nitrogen and oxygen atoms in total. The van der Waals surface area contributed by atoms with Gasteiger partial charge in [0, 0.05) is 6.54 Å². The molecule has 0 unspecified atom stereocenters. The molecule has 0 bridgehead atoms. The second kappa shape index (κ2) is 10.4. The lowest BCUT2D eigenvalue weighted by molar-refractivity contribution is -0.159. The van der Waals surface area contributed by atoms with Crippen LogP contribution in [0.25, 0.3) is 0 Å². The minimum atomic E-state index is -1.82. The molecule has 0 saturated carbocycles. The van der Waals surface area contributed by atoms with Crippen LogP contribution in [0.15, 0.2) is 0 Å². The third-order valence-corrected chi connectivity index (χ3v) is 6.46. The summed E-state index contributed by atoms with van der Waals surface area (Å²) in [5.74, 6) is -3.65. The first-order chi connectivity index (χ1) is 8.18. The fraction of sp³-hybridized carbons (Fsp3) is 0.800. The molecule has 0 radical (unpaired) electrons. The Balaban J connectivity index is 0. The molecule has 0 spiro atoms. The summed E-state index contributed by atoms with van der Waals surface area (Å²) >= 11 is 5.43. The smallest absolute Gasteiger partial charge is 0.414 e. The Morgan fingerprint density at radius 2 is 1.56 bits per heavy atom. The van der Waals surface area contributed by atoms with Crippen LogP contribution in [-0.4, -0.2) is 66.6 Å². The van der Waals surface area contributed by atoms with Gasteiger partial charge in [-0.25, -0.2) is 9.59 Å². The van der Waals surface area contributed by atoms with Crippen molar-refractivity contribution >= 4 is 30.0 Å². The van der Waals surface area contributed by atoms with E-state index in [1.165, 1.54) is 0 Å². The number of likely N-dealkylation sites (N-methyl/N-ethyl adjacent to an activating group) is 1. The summed E-state index contributed by atoms with van der Waals surface area (Å²) in [6.07, 6.45) is 0.610. The molecule has 8 heteroatoms. The van der Waals surface area contributed by atoms with Crippen molar-refractivity contribution in [2.45, 2.75) is 13.8 Å². The summed E-state index contributed by atoms with van der Waals surface area (Å²) < 4.78 is 5.72. The number of hydrogen-bond donors (Lipinski definition) is 2. The number of carboxylic acids is 2. The van der Waals surface area contributed by atoms with Crippen LogP contribution in [-0.2, 0) is 25.9 Å². The molecule has 0 aromatic carbocycles. The minimum Gasteiger partial charge on any atom is -0.473 e. The summed E-state index contributed by atoms with van der Waals surface area (Å²) in [7, 11) is 4.09. The van der Waals surface area contributed by atoms with Crippen molar-refractivity contribution in [1.82, 2.24) is 4.90 Å². The average Bonchev–Trinajstić information content (AvgIpc) is 2.29. The van der Waals surface area contributed by atoms with Crippen LogP contribution in [0.4, 0.5) is 0 Å². The quantitative estimate of drug-likeness (QED) is 0.562. The minimum absolute atomic E-state index is 0.784. The van der Waals surface area contributed by atoms with Gasteiger partial charge in [-0.05, 0) is 26.4 Å². The van der Waals surface area contributed by atoms with Crippen molar-refractivity contribution < 1.29 is 24.3 Å². The molecule has 0 aliphatic rings. The first kappa shape index (κ1) is 19.8. The Bertz CT molecular complexity index is 289. The molecule has 0 aliphatic carbocycles. The predicted molar refractivity (Wildman–Crippen MR) is 75.1 cm³/mol. The number of rotatable bonds is 6. The normalized spacial score (nSPS) is 10.7. The van der Waals surface area contributed by atoms with E-state index >= 15 is 0 Å². The number of carbonyl (C=O) groups is 2. The Kier molecular flexibility index (Phi) is 11.5. The van der Waals surface area contributed by atoms with E-state index in [1.807, 2.05) is 14.1 Å². The second-order valence-corrected chi connectivity index (χ2v) is 8.84. The fourth-order valence-electron chi connectivity index (χ4n) is 0.796. The monoisotopic (exact) mass is 299 g/mol. The van der Waals surface area contributed by atoms with Gasteiger partial charge in [-0.3, -0.25) is 0 Å². The van der Waals surface area contributed by atoms with Gasteiger partial charge in [-0.2, -0.15) is 0 Å². The lowest BCUT2D eigenvalue weighted by Crippen LogP contribution is -2.17. The van der Waals surface area contributed by atoms with Crippen LogP contribution in [0.3, 0.4) is 0 Å². The Morgan fingerprint density at radius 1 is 1.17 bits per heavy atom. The van der Waals surface area contributed by atoms with Gasteiger partial charge in [-0.15, -0.1) is 0 Å². The first-order valence-corrected chi connectivity index (χ1v) is 8.61. The first-order valence-electron chi connectivity index (χ1n) is 5.52. The van der Waals surface area contributed by atoms with Crippen molar-refractivity contribution in [2.24, 2.45) is 0 Å². The summed E-state index contributed by atoms with van der Waals surface area (Å²) in [6.45, 7) is 6.00. The van der Waals surface area contributed by atoms with Crippen LogP contribution >= 0.6 is 6.26 Å². The van der Waals surface area contributed by atoms with Crippen LogP contribution in [0, 0.1) is 0 Å². The SMILES string of the molecule is CCP(=S)(CC)OCCN(C)C.O=C(O)C(=O)O. The lowest BCUT2D eigenvalue weighted by Gasteiger charge is -2.20. The van der Waals surface area contributed by atoms with Crippen molar-refractivity contribution in [3.63, 3.8) is 0 Å². The van der Waals surface area contributed by atoms with E-state index < -0.39 is 18.2 Å². The average molecular weight is 299 g/mol. The molecular formula is C10H22NO5PS. The molecule has 0 fully saturated rings. The van der Waals surface area contributed by atoms with E-state index in [0.29, 0.717) is 0 Å².